The van der Waals surface area contributed by atoms with Crippen LogP contribution in [0.4, 0.5) is 17.1 Å². The number of hydrogen-bond donors (Lipinski definition) is 2. The van der Waals surface area contributed by atoms with E-state index in [1.165, 1.54) is 12.1 Å². The van der Waals surface area contributed by atoms with Crippen LogP contribution in [-0.2, 0) is 0 Å². The lowest BCUT2D eigenvalue weighted by Crippen LogP contribution is -2.18. The first-order valence-electron chi connectivity index (χ1n) is 4.13. The number of rotatable bonds is 1. The first-order valence-corrected chi connectivity index (χ1v) is 4.13. The molecule has 1 aromatic carbocycles. The Morgan fingerprint density at radius 2 is 2.36 bits per heavy atom. The maximum absolute atomic E-state index is 10.6. The second-order valence-electron chi connectivity index (χ2n) is 2.94. The number of fused-ring (bicyclic) bond motifs is 1. The summed E-state index contributed by atoms with van der Waals surface area (Å²) in [6.07, 6.45) is 0. The van der Waals surface area contributed by atoms with Crippen LogP contribution in [0.3, 0.4) is 0 Å². The number of nitro groups is 1. The molecule has 0 unspecified atom stereocenters. The minimum absolute atomic E-state index is 0.0956. The number of ether oxygens (including phenoxy) is 1. The van der Waals surface area contributed by atoms with Gasteiger partial charge in [-0.05, 0) is 0 Å². The van der Waals surface area contributed by atoms with Crippen molar-refractivity contribution in [3.05, 3.63) is 22.2 Å². The normalized spacial score (nSPS) is 13.7. The molecule has 0 saturated heterocycles. The quantitative estimate of drug-likeness (QED) is 0.396. The van der Waals surface area contributed by atoms with Crippen molar-refractivity contribution in [2.45, 2.75) is 0 Å². The first-order chi connectivity index (χ1) is 6.68. The van der Waals surface area contributed by atoms with Crippen LogP contribution in [0.5, 0.6) is 5.75 Å². The zero-order valence-electron chi connectivity index (χ0n) is 7.32. The third-order valence-electron chi connectivity index (χ3n) is 2.00. The Bertz CT molecular complexity index is 392. The molecule has 1 aromatic rings. The molecule has 1 aliphatic rings. The van der Waals surface area contributed by atoms with E-state index < -0.39 is 4.92 Å². The molecule has 6 heteroatoms. The fraction of sp³-hybridized carbons (Fsp3) is 0.250. The van der Waals surface area contributed by atoms with Crippen molar-refractivity contribution in [3.8, 4) is 5.75 Å². The monoisotopic (exact) mass is 195 g/mol. The number of nitrogen functional groups attached to an aromatic ring is 1. The summed E-state index contributed by atoms with van der Waals surface area (Å²) < 4.78 is 5.27. The summed E-state index contributed by atoms with van der Waals surface area (Å²) >= 11 is 0. The number of nitrogens with two attached hydrogens (primary N) is 1. The van der Waals surface area contributed by atoms with E-state index in [4.69, 9.17) is 10.5 Å². The van der Waals surface area contributed by atoms with E-state index in [9.17, 15) is 10.1 Å². The van der Waals surface area contributed by atoms with Crippen LogP contribution in [0.25, 0.3) is 0 Å². The lowest BCUT2D eigenvalue weighted by atomic mass is 10.2. The molecule has 0 aromatic heterocycles. The molecule has 0 spiro atoms. The smallest absolute Gasteiger partial charge is 0.294 e. The number of benzene rings is 1. The predicted octanol–water partition coefficient (Wildman–Crippen LogP) is 0.981. The minimum Gasteiger partial charge on any atom is -0.489 e. The van der Waals surface area contributed by atoms with E-state index in [-0.39, 0.29) is 11.4 Å². The maximum atomic E-state index is 10.6. The fourth-order valence-electron chi connectivity index (χ4n) is 1.35. The van der Waals surface area contributed by atoms with E-state index in [1.807, 2.05) is 0 Å². The van der Waals surface area contributed by atoms with E-state index in [1.54, 1.807) is 0 Å². The molecule has 0 aliphatic carbocycles. The zero-order valence-corrected chi connectivity index (χ0v) is 7.32. The highest BCUT2D eigenvalue weighted by Gasteiger charge is 2.18. The van der Waals surface area contributed by atoms with Crippen molar-refractivity contribution < 1.29 is 9.66 Å². The SMILES string of the molecule is Nc1cc2c(cc1[N+](=O)[O-])NCCO2. The summed E-state index contributed by atoms with van der Waals surface area (Å²) in [4.78, 5) is 10.1. The van der Waals surface area contributed by atoms with Crippen LogP contribution in [-0.4, -0.2) is 18.1 Å². The summed E-state index contributed by atoms with van der Waals surface area (Å²) in [6.45, 7) is 1.19. The van der Waals surface area contributed by atoms with Gasteiger partial charge in [-0.3, -0.25) is 10.1 Å². The van der Waals surface area contributed by atoms with Gasteiger partial charge in [-0.15, -0.1) is 0 Å². The fourth-order valence-corrected chi connectivity index (χ4v) is 1.35. The van der Waals surface area contributed by atoms with Gasteiger partial charge >= 0.3 is 0 Å². The summed E-state index contributed by atoms with van der Waals surface area (Å²) in [7, 11) is 0. The lowest BCUT2D eigenvalue weighted by Gasteiger charge is -2.18. The van der Waals surface area contributed by atoms with Crippen molar-refractivity contribution in [3.63, 3.8) is 0 Å². The van der Waals surface area contributed by atoms with Crippen molar-refractivity contribution in [2.24, 2.45) is 0 Å². The van der Waals surface area contributed by atoms with Crippen molar-refractivity contribution in [2.75, 3.05) is 24.2 Å². The minimum atomic E-state index is -0.508. The molecule has 0 fully saturated rings. The largest absolute Gasteiger partial charge is 0.489 e. The molecule has 0 saturated carbocycles. The molecule has 1 heterocycles. The van der Waals surface area contributed by atoms with Crippen LogP contribution in [0.2, 0.25) is 0 Å². The van der Waals surface area contributed by atoms with Crippen molar-refractivity contribution in [1.82, 2.24) is 0 Å². The Kier molecular flexibility index (Phi) is 1.88. The zero-order chi connectivity index (χ0) is 10.1. The third-order valence-corrected chi connectivity index (χ3v) is 2.00. The van der Waals surface area contributed by atoms with Crippen LogP contribution in [0.15, 0.2) is 12.1 Å². The summed E-state index contributed by atoms with van der Waals surface area (Å²) in [5.74, 6) is 0.569. The standard InChI is InChI=1S/C8H9N3O3/c9-5-3-8-6(10-1-2-14-8)4-7(5)11(12)13/h3-4,10H,1-2,9H2. The third kappa shape index (κ3) is 1.30. The van der Waals surface area contributed by atoms with Gasteiger partial charge in [0.05, 0.1) is 10.6 Å². The van der Waals surface area contributed by atoms with Crippen LogP contribution >= 0.6 is 0 Å². The summed E-state index contributed by atoms with van der Waals surface area (Å²) in [5.41, 5.74) is 6.15. The second kappa shape index (κ2) is 3.06. The van der Waals surface area contributed by atoms with Gasteiger partial charge in [-0.1, -0.05) is 0 Å². The number of nitrogens with zero attached hydrogens (tertiary/aromatic N) is 1. The Balaban J connectivity index is 2.50. The molecular formula is C8H9N3O3. The second-order valence-corrected chi connectivity index (χ2v) is 2.94. The molecule has 74 valence electrons. The van der Waals surface area contributed by atoms with Gasteiger partial charge in [0.2, 0.25) is 0 Å². The number of nitrogens with one attached hydrogen (secondary N) is 1. The molecule has 3 N–H and O–H groups in total. The molecular weight excluding hydrogens is 186 g/mol. The first kappa shape index (κ1) is 8.61. The maximum Gasteiger partial charge on any atom is 0.294 e. The molecule has 1 aliphatic heterocycles. The Morgan fingerprint density at radius 1 is 1.57 bits per heavy atom. The molecule has 2 rings (SSSR count). The number of anilines is 2. The molecule has 0 amide bonds. The molecule has 14 heavy (non-hydrogen) atoms. The van der Waals surface area contributed by atoms with E-state index in [0.717, 1.165) is 0 Å². The van der Waals surface area contributed by atoms with E-state index in [2.05, 4.69) is 5.32 Å². The van der Waals surface area contributed by atoms with Gasteiger partial charge in [0.15, 0.2) is 0 Å². The predicted molar refractivity (Wildman–Crippen MR) is 51.5 cm³/mol. The Labute approximate surface area is 79.8 Å². The number of nitro benzene ring substituents is 1. The Morgan fingerprint density at radius 3 is 3.07 bits per heavy atom. The van der Waals surface area contributed by atoms with Crippen molar-refractivity contribution >= 4 is 17.1 Å². The van der Waals surface area contributed by atoms with Gasteiger partial charge in [-0.25, -0.2) is 0 Å². The highest BCUT2D eigenvalue weighted by atomic mass is 16.6. The average Bonchev–Trinajstić information content (AvgIpc) is 2.16. The van der Waals surface area contributed by atoms with Gasteiger partial charge in [0.1, 0.15) is 18.0 Å². The molecule has 0 radical (unpaired) electrons. The topological polar surface area (TPSA) is 90.4 Å². The molecule has 6 nitrogen and oxygen atoms in total. The van der Waals surface area contributed by atoms with Gasteiger partial charge < -0.3 is 15.8 Å². The van der Waals surface area contributed by atoms with E-state index >= 15 is 0 Å². The van der Waals surface area contributed by atoms with Gasteiger partial charge in [0.25, 0.3) is 5.69 Å². The van der Waals surface area contributed by atoms with Crippen molar-refractivity contribution in [1.29, 1.82) is 0 Å². The average molecular weight is 195 g/mol. The lowest BCUT2D eigenvalue weighted by molar-refractivity contribution is -0.383. The van der Waals surface area contributed by atoms with Crippen LogP contribution in [0, 0.1) is 10.1 Å². The highest BCUT2D eigenvalue weighted by Crippen LogP contribution is 2.35. The van der Waals surface area contributed by atoms with E-state index in [0.29, 0.717) is 24.6 Å². The molecule has 0 atom stereocenters. The van der Waals surface area contributed by atoms with Gasteiger partial charge in [0, 0.05) is 18.7 Å². The van der Waals surface area contributed by atoms with Gasteiger partial charge in [-0.2, -0.15) is 0 Å². The highest BCUT2D eigenvalue weighted by molar-refractivity contribution is 5.72. The Hall–Kier alpha value is -1.98. The number of hydrogen-bond acceptors (Lipinski definition) is 5. The summed E-state index contributed by atoms with van der Waals surface area (Å²) in [5, 5.41) is 13.6. The summed E-state index contributed by atoms with van der Waals surface area (Å²) in [6, 6.07) is 2.86. The van der Waals surface area contributed by atoms with Crippen LogP contribution < -0.4 is 15.8 Å². The molecule has 0 bridgehead atoms. The van der Waals surface area contributed by atoms with Crippen LogP contribution in [0.1, 0.15) is 0 Å².